The van der Waals surface area contributed by atoms with Gasteiger partial charge in [-0.25, -0.2) is 4.68 Å². The first-order chi connectivity index (χ1) is 9.52. The lowest BCUT2D eigenvalue weighted by atomic mass is 10.2. The molecule has 1 fully saturated rings. The normalized spacial score (nSPS) is 16.8. The standard InChI is InChI=1S/C14H24N4O2/c1-10(9-18-7-5-6-13(18)19)15-8-12-11(2)16-17(3)14(12)20-4/h10,15H,5-9H2,1-4H3/t10-/m0/s1. The van der Waals surface area contributed by atoms with Crippen molar-refractivity contribution in [2.45, 2.75) is 39.3 Å². The van der Waals surface area contributed by atoms with Crippen LogP contribution in [0.25, 0.3) is 0 Å². The summed E-state index contributed by atoms with van der Waals surface area (Å²) in [6.07, 6.45) is 1.68. The van der Waals surface area contributed by atoms with E-state index in [1.165, 1.54) is 0 Å². The van der Waals surface area contributed by atoms with Crippen LogP contribution in [0.15, 0.2) is 0 Å². The molecule has 1 aromatic heterocycles. The summed E-state index contributed by atoms with van der Waals surface area (Å²) >= 11 is 0. The number of hydrogen-bond donors (Lipinski definition) is 1. The van der Waals surface area contributed by atoms with E-state index in [-0.39, 0.29) is 11.9 Å². The highest BCUT2D eigenvalue weighted by atomic mass is 16.5. The fourth-order valence-corrected chi connectivity index (χ4v) is 2.71. The van der Waals surface area contributed by atoms with Crippen LogP contribution in [0.3, 0.4) is 0 Å². The monoisotopic (exact) mass is 280 g/mol. The van der Waals surface area contributed by atoms with Crippen molar-refractivity contribution >= 4 is 5.91 Å². The average Bonchev–Trinajstić information content (AvgIpc) is 2.91. The van der Waals surface area contributed by atoms with E-state index < -0.39 is 0 Å². The van der Waals surface area contributed by atoms with Gasteiger partial charge in [0.05, 0.1) is 18.4 Å². The molecule has 0 bridgehead atoms. The van der Waals surface area contributed by atoms with Gasteiger partial charge in [-0.1, -0.05) is 0 Å². The SMILES string of the molecule is COc1c(CN[C@@H](C)CN2CCCC2=O)c(C)nn1C. The van der Waals surface area contributed by atoms with Crippen molar-refractivity contribution in [2.75, 3.05) is 20.2 Å². The number of hydrogen-bond acceptors (Lipinski definition) is 4. The fourth-order valence-electron chi connectivity index (χ4n) is 2.71. The van der Waals surface area contributed by atoms with Gasteiger partial charge in [0.15, 0.2) is 0 Å². The maximum absolute atomic E-state index is 11.6. The van der Waals surface area contributed by atoms with E-state index in [4.69, 9.17) is 4.74 Å². The van der Waals surface area contributed by atoms with Gasteiger partial charge < -0.3 is 15.0 Å². The van der Waals surface area contributed by atoms with E-state index in [0.717, 1.165) is 36.6 Å². The van der Waals surface area contributed by atoms with Crippen LogP contribution in [0.2, 0.25) is 0 Å². The predicted octanol–water partition coefficient (Wildman–Crippen LogP) is 0.838. The third-order valence-corrected chi connectivity index (χ3v) is 3.78. The molecule has 1 aliphatic heterocycles. The van der Waals surface area contributed by atoms with Crippen molar-refractivity contribution < 1.29 is 9.53 Å². The zero-order valence-corrected chi connectivity index (χ0v) is 12.8. The highest BCUT2D eigenvalue weighted by molar-refractivity contribution is 5.78. The Morgan fingerprint density at radius 3 is 2.85 bits per heavy atom. The molecule has 2 heterocycles. The second-order valence-electron chi connectivity index (χ2n) is 5.42. The van der Waals surface area contributed by atoms with Crippen LogP contribution in [0, 0.1) is 6.92 Å². The number of amides is 1. The van der Waals surface area contributed by atoms with Crippen LogP contribution < -0.4 is 10.1 Å². The van der Waals surface area contributed by atoms with Crippen LogP contribution >= 0.6 is 0 Å². The number of nitrogens with one attached hydrogen (secondary N) is 1. The van der Waals surface area contributed by atoms with Gasteiger partial charge in [0.1, 0.15) is 0 Å². The second-order valence-corrected chi connectivity index (χ2v) is 5.42. The first-order valence-corrected chi connectivity index (χ1v) is 7.10. The van der Waals surface area contributed by atoms with Gasteiger partial charge >= 0.3 is 0 Å². The van der Waals surface area contributed by atoms with E-state index in [1.54, 1.807) is 11.8 Å². The molecular formula is C14H24N4O2. The van der Waals surface area contributed by atoms with Crippen LogP contribution in [0.4, 0.5) is 0 Å². The number of rotatable bonds is 6. The third-order valence-electron chi connectivity index (χ3n) is 3.78. The first kappa shape index (κ1) is 14.8. The van der Waals surface area contributed by atoms with Gasteiger partial charge in [0.25, 0.3) is 0 Å². The van der Waals surface area contributed by atoms with Crippen molar-refractivity contribution in [3.8, 4) is 5.88 Å². The summed E-state index contributed by atoms with van der Waals surface area (Å²) in [6.45, 7) is 6.44. The molecule has 1 aliphatic rings. The Hall–Kier alpha value is -1.56. The molecule has 2 rings (SSSR count). The maximum Gasteiger partial charge on any atom is 0.222 e. The zero-order chi connectivity index (χ0) is 14.7. The number of aromatic nitrogens is 2. The van der Waals surface area contributed by atoms with Crippen LogP contribution in [-0.4, -0.2) is 46.8 Å². The minimum Gasteiger partial charge on any atom is -0.481 e. The number of methoxy groups -OCH3 is 1. The summed E-state index contributed by atoms with van der Waals surface area (Å²) in [5, 5.41) is 7.81. The molecule has 0 aliphatic carbocycles. The van der Waals surface area contributed by atoms with Gasteiger partial charge in [0.2, 0.25) is 11.8 Å². The summed E-state index contributed by atoms with van der Waals surface area (Å²) in [5.74, 6) is 1.06. The maximum atomic E-state index is 11.6. The number of likely N-dealkylation sites (tertiary alicyclic amines) is 1. The second kappa shape index (κ2) is 6.26. The van der Waals surface area contributed by atoms with E-state index in [9.17, 15) is 4.79 Å². The van der Waals surface area contributed by atoms with Crippen molar-refractivity contribution in [3.63, 3.8) is 0 Å². The smallest absolute Gasteiger partial charge is 0.222 e. The molecule has 0 spiro atoms. The Kier molecular flexibility index (Phi) is 4.65. The van der Waals surface area contributed by atoms with Crippen molar-refractivity contribution in [2.24, 2.45) is 7.05 Å². The molecule has 6 nitrogen and oxygen atoms in total. The van der Waals surface area contributed by atoms with Crippen LogP contribution in [0.1, 0.15) is 31.0 Å². The third kappa shape index (κ3) is 3.12. The summed E-state index contributed by atoms with van der Waals surface area (Å²) < 4.78 is 7.13. The summed E-state index contributed by atoms with van der Waals surface area (Å²) in [4.78, 5) is 13.5. The molecule has 1 N–H and O–H groups in total. The van der Waals surface area contributed by atoms with Crippen LogP contribution in [0.5, 0.6) is 5.88 Å². The topological polar surface area (TPSA) is 59.4 Å². The molecule has 1 aromatic rings. The van der Waals surface area contributed by atoms with Gasteiger partial charge in [0, 0.05) is 39.1 Å². The molecule has 0 radical (unpaired) electrons. The highest BCUT2D eigenvalue weighted by Gasteiger charge is 2.22. The molecule has 0 saturated carbocycles. The van der Waals surface area contributed by atoms with Gasteiger partial charge in [-0.05, 0) is 20.3 Å². The lowest BCUT2D eigenvalue weighted by Gasteiger charge is -2.21. The molecule has 1 saturated heterocycles. The largest absolute Gasteiger partial charge is 0.481 e. The molecule has 1 atom stereocenters. The van der Waals surface area contributed by atoms with Crippen molar-refractivity contribution in [1.29, 1.82) is 0 Å². The Bertz CT molecular complexity index is 484. The summed E-state index contributed by atoms with van der Waals surface area (Å²) in [6, 6.07) is 0.251. The zero-order valence-electron chi connectivity index (χ0n) is 12.8. The molecule has 112 valence electrons. The number of aryl methyl sites for hydroxylation is 2. The predicted molar refractivity (Wildman–Crippen MR) is 76.6 cm³/mol. The molecule has 1 amide bonds. The van der Waals surface area contributed by atoms with Crippen molar-refractivity contribution in [3.05, 3.63) is 11.3 Å². The number of carbonyl (C=O) groups excluding carboxylic acids is 1. The lowest BCUT2D eigenvalue weighted by molar-refractivity contribution is -0.127. The summed E-state index contributed by atoms with van der Waals surface area (Å²) in [5.41, 5.74) is 2.05. The first-order valence-electron chi connectivity index (χ1n) is 7.10. The van der Waals surface area contributed by atoms with Gasteiger partial charge in [-0.2, -0.15) is 5.10 Å². The quantitative estimate of drug-likeness (QED) is 0.839. The fraction of sp³-hybridized carbons (Fsp3) is 0.714. The van der Waals surface area contributed by atoms with Crippen LogP contribution in [-0.2, 0) is 18.4 Å². The molecule has 0 aromatic carbocycles. The number of nitrogens with zero attached hydrogens (tertiary/aromatic N) is 3. The highest BCUT2D eigenvalue weighted by Crippen LogP contribution is 2.20. The molecule has 0 unspecified atom stereocenters. The average molecular weight is 280 g/mol. The van der Waals surface area contributed by atoms with E-state index in [1.807, 2.05) is 18.9 Å². The van der Waals surface area contributed by atoms with E-state index >= 15 is 0 Å². The molecule has 20 heavy (non-hydrogen) atoms. The van der Waals surface area contributed by atoms with Gasteiger partial charge in [-0.3, -0.25) is 4.79 Å². The van der Waals surface area contributed by atoms with Gasteiger partial charge in [-0.15, -0.1) is 0 Å². The van der Waals surface area contributed by atoms with E-state index in [2.05, 4.69) is 17.3 Å². The number of carbonyl (C=O) groups is 1. The Morgan fingerprint density at radius 2 is 2.25 bits per heavy atom. The number of ether oxygens (including phenoxy) is 1. The Labute approximate surface area is 120 Å². The minimum atomic E-state index is 0.251. The minimum absolute atomic E-state index is 0.251. The molecular weight excluding hydrogens is 256 g/mol. The Morgan fingerprint density at radius 1 is 1.50 bits per heavy atom. The van der Waals surface area contributed by atoms with E-state index in [0.29, 0.717) is 13.0 Å². The molecule has 6 heteroatoms. The Balaban J connectivity index is 1.90. The lowest BCUT2D eigenvalue weighted by Crippen LogP contribution is -2.39. The summed E-state index contributed by atoms with van der Waals surface area (Å²) in [7, 11) is 3.54. The van der Waals surface area contributed by atoms with Crippen molar-refractivity contribution in [1.82, 2.24) is 20.0 Å².